The van der Waals surface area contributed by atoms with E-state index in [2.05, 4.69) is 20.7 Å². The molecule has 1 aromatic carbocycles. The Labute approximate surface area is 212 Å². The number of rotatable bonds is 8. The molecule has 2 N–H and O–H groups in total. The second-order valence-corrected chi connectivity index (χ2v) is 8.62. The Balaban J connectivity index is 1.61. The van der Waals surface area contributed by atoms with Crippen molar-refractivity contribution in [3.63, 3.8) is 0 Å². The Morgan fingerprint density at radius 1 is 1.16 bits per heavy atom. The van der Waals surface area contributed by atoms with Crippen molar-refractivity contribution in [3.05, 3.63) is 95.5 Å². The summed E-state index contributed by atoms with van der Waals surface area (Å²) in [6.07, 6.45) is 6.42. The number of amides is 1. The summed E-state index contributed by atoms with van der Waals surface area (Å²) in [6, 6.07) is 13.1. The van der Waals surface area contributed by atoms with Crippen LogP contribution in [0.4, 0.5) is 11.4 Å². The van der Waals surface area contributed by atoms with Gasteiger partial charge >= 0.3 is 5.97 Å². The van der Waals surface area contributed by atoms with Crippen LogP contribution in [-0.2, 0) is 24.9 Å². The fourth-order valence-corrected chi connectivity index (χ4v) is 4.28. The Morgan fingerprint density at radius 3 is 2.65 bits per heavy atom. The summed E-state index contributed by atoms with van der Waals surface area (Å²) < 4.78 is 13.7. The molecule has 0 aliphatic carbocycles. The molecule has 5 aromatic rings. The minimum atomic E-state index is -0.586. The van der Waals surface area contributed by atoms with E-state index in [1.807, 2.05) is 56.6 Å². The Bertz CT molecular complexity index is 1570. The van der Waals surface area contributed by atoms with Crippen molar-refractivity contribution in [3.8, 4) is 0 Å². The van der Waals surface area contributed by atoms with Crippen molar-refractivity contribution in [2.45, 2.75) is 20.0 Å². The van der Waals surface area contributed by atoms with Gasteiger partial charge in [0.05, 0.1) is 42.2 Å². The van der Waals surface area contributed by atoms with Crippen LogP contribution >= 0.6 is 0 Å². The van der Waals surface area contributed by atoms with E-state index in [9.17, 15) is 9.59 Å². The predicted octanol–water partition coefficient (Wildman–Crippen LogP) is 4.37. The highest BCUT2D eigenvalue weighted by Crippen LogP contribution is 2.34. The van der Waals surface area contributed by atoms with Gasteiger partial charge in [-0.2, -0.15) is 5.10 Å². The first kappa shape index (κ1) is 23.9. The van der Waals surface area contributed by atoms with Gasteiger partial charge in [-0.15, -0.1) is 0 Å². The van der Waals surface area contributed by atoms with Gasteiger partial charge in [0.15, 0.2) is 5.69 Å². The van der Waals surface area contributed by atoms with Gasteiger partial charge in [0.1, 0.15) is 11.9 Å². The second kappa shape index (κ2) is 10.0. The van der Waals surface area contributed by atoms with Gasteiger partial charge in [0.25, 0.3) is 5.91 Å². The number of hydrogen-bond donors (Lipinski definition) is 2. The summed E-state index contributed by atoms with van der Waals surface area (Å²) in [5, 5.41) is 11.2. The third-order valence-corrected chi connectivity index (χ3v) is 6.08. The number of methoxy groups -OCH3 is 1. The number of aryl methyl sites for hydroxylation is 2. The van der Waals surface area contributed by atoms with Crippen LogP contribution in [0.3, 0.4) is 0 Å². The lowest BCUT2D eigenvalue weighted by atomic mass is 10.2. The molecule has 37 heavy (non-hydrogen) atoms. The lowest BCUT2D eigenvalue weighted by Gasteiger charge is -2.11. The fraction of sp³-hybridized carbons (Fsp3) is 0.185. The highest BCUT2D eigenvalue weighted by Gasteiger charge is 2.27. The minimum Gasteiger partial charge on any atom is -0.472 e. The van der Waals surface area contributed by atoms with Crippen molar-refractivity contribution in [2.75, 3.05) is 17.7 Å². The van der Waals surface area contributed by atoms with Crippen LogP contribution in [0, 0.1) is 6.92 Å². The Morgan fingerprint density at radius 2 is 1.97 bits per heavy atom. The smallest absolute Gasteiger partial charge is 0.356 e. The number of fused-ring (bicyclic) bond motifs is 1. The van der Waals surface area contributed by atoms with E-state index in [1.54, 1.807) is 21.5 Å². The number of aromatic nitrogens is 4. The predicted molar refractivity (Wildman–Crippen MR) is 139 cm³/mol. The first-order valence-electron chi connectivity index (χ1n) is 11.7. The molecule has 0 unspecified atom stereocenters. The SMILES string of the molecule is COC(=O)c1c(NC(=O)c2ccoc2)c2cc(NCc3cn(C)nc3C)cnc2n1Cc1ccccc1. The number of carbonyl (C=O) groups is 2. The first-order chi connectivity index (χ1) is 17.9. The van der Waals surface area contributed by atoms with E-state index in [-0.39, 0.29) is 5.69 Å². The topological polar surface area (TPSA) is 116 Å². The molecule has 0 bridgehead atoms. The number of furan rings is 1. The number of anilines is 2. The molecule has 0 atom stereocenters. The molecule has 0 saturated heterocycles. The monoisotopic (exact) mass is 498 g/mol. The van der Waals surface area contributed by atoms with Gasteiger partial charge in [-0.1, -0.05) is 30.3 Å². The maximum Gasteiger partial charge on any atom is 0.356 e. The molecular weight excluding hydrogens is 472 g/mol. The van der Waals surface area contributed by atoms with Crippen LogP contribution in [0.2, 0.25) is 0 Å². The second-order valence-electron chi connectivity index (χ2n) is 8.62. The van der Waals surface area contributed by atoms with Crippen molar-refractivity contribution < 1.29 is 18.7 Å². The molecule has 188 valence electrons. The van der Waals surface area contributed by atoms with E-state index in [0.717, 1.165) is 22.5 Å². The summed E-state index contributed by atoms with van der Waals surface area (Å²) in [5.74, 6) is -1.00. The molecule has 0 radical (unpaired) electrons. The van der Waals surface area contributed by atoms with Crippen molar-refractivity contribution in [2.24, 2.45) is 7.05 Å². The van der Waals surface area contributed by atoms with Crippen LogP contribution in [0.25, 0.3) is 11.0 Å². The number of nitrogens with one attached hydrogen (secondary N) is 2. The lowest BCUT2D eigenvalue weighted by Crippen LogP contribution is -2.17. The molecule has 0 spiro atoms. The van der Waals surface area contributed by atoms with Gasteiger partial charge < -0.3 is 24.4 Å². The van der Waals surface area contributed by atoms with Gasteiger partial charge in [0, 0.05) is 37.3 Å². The summed E-state index contributed by atoms with van der Waals surface area (Å²) in [4.78, 5) is 30.7. The molecule has 10 heteroatoms. The molecule has 0 saturated carbocycles. The third kappa shape index (κ3) is 4.81. The Hall–Kier alpha value is -4.86. The maximum absolute atomic E-state index is 13.1. The number of esters is 1. The van der Waals surface area contributed by atoms with E-state index >= 15 is 0 Å². The molecule has 0 fully saturated rings. The van der Waals surface area contributed by atoms with Gasteiger partial charge in [-0.05, 0) is 24.6 Å². The van der Waals surface area contributed by atoms with Gasteiger partial charge in [-0.25, -0.2) is 9.78 Å². The van der Waals surface area contributed by atoms with Crippen LogP contribution in [0.15, 0.2) is 71.8 Å². The fourth-order valence-electron chi connectivity index (χ4n) is 4.28. The van der Waals surface area contributed by atoms with Gasteiger partial charge in [-0.3, -0.25) is 9.48 Å². The van der Waals surface area contributed by atoms with Crippen molar-refractivity contribution in [1.29, 1.82) is 0 Å². The number of ether oxygens (including phenoxy) is 1. The molecule has 0 aliphatic heterocycles. The number of hydrogen-bond acceptors (Lipinski definition) is 7. The summed E-state index contributed by atoms with van der Waals surface area (Å²) in [6.45, 7) is 2.85. The number of carbonyl (C=O) groups excluding carboxylic acids is 2. The molecule has 10 nitrogen and oxygen atoms in total. The van der Waals surface area contributed by atoms with E-state index in [0.29, 0.717) is 35.4 Å². The zero-order chi connectivity index (χ0) is 25.9. The van der Waals surface area contributed by atoms with E-state index in [4.69, 9.17) is 9.15 Å². The van der Waals surface area contributed by atoms with Crippen LogP contribution < -0.4 is 10.6 Å². The average Bonchev–Trinajstić information content (AvgIpc) is 3.62. The van der Waals surface area contributed by atoms with Crippen LogP contribution in [-0.4, -0.2) is 38.3 Å². The van der Waals surface area contributed by atoms with Crippen LogP contribution in [0.1, 0.15) is 37.7 Å². The molecule has 4 aromatic heterocycles. The summed E-state index contributed by atoms with van der Waals surface area (Å²) >= 11 is 0. The molecule has 5 rings (SSSR count). The molecule has 0 aliphatic rings. The minimum absolute atomic E-state index is 0.200. The maximum atomic E-state index is 13.1. The first-order valence-corrected chi connectivity index (χ1v) is 11.7. The highest BCUT2D eigenvalue weighted by atomic mass is 16.5. The summed E-state index contributed by atoms with van der Waals surface area (Å²) in [7, 11) is 3.19. The molecule has 4 heterocycles. The zero-order valence-corrected chi connectivity index (χ0v) is 20.7. The average molecular weight is 499 g/mol. The van der Waals surface area contributed by atoms with E-state index in [1.165, 1.54) is 19.6 Å². The largest absolute Gasteiger partial charge is 0.472 e. The zero-order valence-electron chi connectivity index (χ0n) is 20.7. The summed E-state index contributed by atoms with van der Waals surface area (Å²) in [5.41, 5.74) is 5.05. The number of benzene rings is 1. The normalized spacial score (nSPS) is 11.0. The molecular formula is C27H26N6O4. The lowest BCUT2D eigenvalue weighted by molar-refractivity contribution is 0.0591. The molecule has 1 amide bonds. The standard InChI is InChI=1S/C27H26N6O4/c1-17-20(15-32(2)31-17)12-28-21-11-22-23(30-26(34)19-9-10-37-16-19)24(27(35)36-3)33(25(22)29-13-21)14-18-7-5-4-6-8-18/h4-11,13,15-16,28H,12,14H2,1-3H3,(H,30,34). The Kier molecular flexibility index (Phi) is 6.46. The third-order valence-electron chi connectivity index (χ3n) is 6.08. The highest BCUT2D eigenvalue weighted by molar-refractivity contribution is 6.14. The number of nitrogens with zero attached hydrogens (tertiary/aromatic N) is 4. The number of pyridine rings is 1. The van der Waals surface area contributed by atoms with Crippen LogP contribution in [0.5, 0.6) is 0 Å². The van der Waals surface area contributed by atoms with E-state index < -0.39 is 11.9 Å². The van der Waals surface area contributed by atoms with Crippen molar-refractivity contribution >= 4 is 34.3 Å². The quantitative estimate of drug-likeness (QED) is 0.305. The van der Waals surface area contributed by atoms with Crippen molar-refractivity contribution in [1.82, 2.24) is 19.3 Å². The van der Waals surface area contributed by atoms with Gasteiger partial charge in [0.2, 0.25) is 0 Å².